The molecule has 1 heterocycles. The van der Waals surface area contributed by atoms with Gasteiger partial charge in [-0.05, 0) is 97.9 Å². The molecule has 9 unspecified atom stereocenters. The van der Waals surface area contributed by atoms with Gasteiger partial charge in [-0.25, -0.2) is 0 Å². The van der Waals surface area contributed by atoms with E-state index < -0.39 is 0 Å². The average molecular weight is 447 g/mol. The zero-order chi connectivity index (χ0) is 24.1. The number of aliphatic hydroxyl groups is 1. The van der Waals surface area contributed by atoms with E-state index in [9.17, 15) is 0 Å². The Bertz CT molecular complexity index is 624. The molecule has 186 valence electrons. The van der Waals surface area contributed by atoms with E-state index in [2.05, 4.69) is 67.2 Å². The van der Waals surface area contributed by atoms with Crippen LogP contribution in [0.3, 0.4) is 0 Å². The van der Waals surface area contributed by atoms with Gasteiger partial charge in [-0.3, -0.25) is 0 Å². The lowest BCUT2D eigenvalue weighted by Gasteiger charge is -2.46. The van der Waals surface area contributed by atoms with E-state index in [1.165, 1.54) is 51.4 Å². The van der Waals surface area contributed by atoms with Crippen molar-refractivity contribution in [1.82, 2.24) is 0 Å². The zero-order valence-corrected chi connectivity index (χ0v) is 22.6. The van der Waals surface area contributed by atoms with Gasteiger partial charge < -0.3 is 9.84 Å². The maximum atomic E-state index is 7.00. The molecular weight excluding hydrogens is 392 g/mol. The first kappa shape index (κ1) is 27.6. The second-order valence-electron chi connectivity index (χ2n) is 11.6. The number of hydrogen-bond acceptors (Lipinski definition) is 2. The van der Waals surface area contributed by atoms with Gasteiger partial charge in [0.25, 0.3) is 0 Å². The van der Waals surface area contributed by atoms with Gasteiger partial charge in [0, 0.05) is 7.11 Å². The highest BCUT2D eigenvalue weighted by Gasteiger charge is 2.63. The summed E-state index contributed by atoms with van der Waals surface area (Å²) in [6.45, 7) is 21.4. The molecule has 1 saturated heterocycles. The van der Waals surface area contributed by atoms with Gasteiger partial charge >= 0.3 is 0 Å². The molecule has 0 radical (unpaired) electrons. The van der Waals surface area contributed by atoms with Crippen LogP contribution < -0.4 is 0 Å². The molecule has 32 heavy (non-hydrogen) atoms. The van der Waals surface area contributed by atoms with Crippen LogP contribution in [0.2, 0.25) is 0 Å². The van der Waals surface area contributed by atoms with Gasteiger partial charge in [-0.1, -0.05) is 66.5 Å². The van der Waals surface area contributed by atoms with Crippen LogP contribution >= 0.6 is 0 Å². The third kappa shape index (κ3) is 5.07. The zero-order valence-electron chi connectivity index (χ0n) is 22.6. The number of ether oxygens (including phenoxy) is 1. The Morgan fingerprint density at radius 1 is 1.19 bits per heavy atom. The van der Waals surface area contributed by atoms with Crippen molar-refractivity contribution >= 4 is 0 Å². The number of aliphatic hydroxyl groups excluding tert-OH is 1. The summed E-state index contributed by atoms with van der Waals surface area (Å²) < 4.78 is 6.39. The van der Waals surface area contributed by atoms with Crippen molar-refractivity contribution in [3.05, 3.63) is 24.3 Å². The van der Waals surface area contributed by atoms with Crippen molar-refractivity contribution in [2.24, 2.45) is 40.4 Å². The normalized spacial score (nSPS) is 41.4. The van der Waals surface area contributed by atoms with Crippen LogP contribution in [0.15, 0.2) is 24.3 Å². The first-order valence-electron chi connectivity index (χ1n) is 13.7. The molecule has 9 atom stereocenters. The lowest BCUT2D eigenvalue weighted by Crippen LogP contribution is -2.43. The lowest BCUT2D eigenvalue weighted by molar-refractivity contribution is 0.0399. The summed E-state index contributed by atoms with van der Waals surface area (Å²) in [4.78, 5) is 0. The van der Waals surface area contributed by atoms with Crippen molar-refractivity contribution in [2.75, 3.05) is 7.11 Å². The van der Waals surface area contributed by atoms with Crippen LogP contribution in [-0.2, 0) is 4.74 Å². The molecule has 2 heteroatoms. The Hall–Kier alpha value is -0.600. The first-order chi connectivity index (χ1) is 15.3. The van der Waals surface area contributed by atoms with Gasteiger partial charge in [0.1, 0.15) is 6.10 Å². The summed E-state index contributed by atoms with van der Waals surface area (Å²) in [5, 5.41) is 7.00. The second kappa shape index (κ2) is 11.7. The Morgan fingerprint density at radius 3 is 2.44 bits per heavy atom. The van der Waals surface area contributed by atoms with E-state index in [-0.39, 0.29) is 0 Å². The third-order valence-electron chi connectivity index (χ3n) is 10.0. The summed E-state index contributed by atoms with van der Waals surface area (Å²) in [5.41, 5.74) is 2.42. The van der Waals surface area contributed by atoms with Crippen LogP contribution in [-0.4, -0.2) is 24.4 Å². The van der Waals surface area contributed by atoms with Gasteiger partial charge in [0.2, 0.25) is 0 Å². The van der Waals surface area contributed by atoms with Crippen molar-refractivity contribution in [3.8, 4) is 0 Å². The Morgan fingerprint density at radius 2 is 1.88 bits per heavy atom. The second-order valence-corrected chi connectivity index (χ2v) is 11.6. The molecule has 1 aliphatic heterocycles. The van der Waals surface area contributed by atoms with E-state index in [1.807, 2.05) is 0 Å². The van der Waals surface area contributed by atoms with Gasteiger partial charge in [0.15, 0.2) is 0 Å². The molecule has 1 N–H and O–H groups in total. The van der Waals surface area contributed by atoms with Crippen LogP contribution in [0, 0.1) is 40.4 Å². The minimum Gasteiger partial charge on any atom is -0.400 e. The molecule has 3 rings (SSSR count). The first-order valence-corrected chi connectivity index (χ1v) is 13.7. The maximum absolute atomic E-state index is 7.00. The molecule has 0 bridgehead atoms. The molecule has 2 nitrogen and oxygen atoms in total. The van der Waals surface area contributed by atoms with Crippen molar-refractivity contribution in [1.29, 1.82) is 0 Å². The van der Waals surface area contributed by atoms with E-state index in [0.29, 0.717) is 23.0 Å². The summed E-state index contributed by atoms with van der Waals surface area (Å²) in [7, 11) is 1.00. The van der Waals surface area contributed by atoms with E-state index in [4.69, 9.17) is 9.84 Å². The molecule has 2 saturated carbocycles. The molecule has 0 spiro atoms. The molecule has 0 amide bonds. The van der Waals surface area contributed by atoms with Crippen LogP contribution in [0.5, 0.6) is 0 Å². The monoisotopic (exact) mass is 446 g/mol. The minimum atomic E-state index is 0.339. The molecule has 3 fully saturated rings. The fourth-order valence-corrected chi connectivity index (χ4v) is 8.21. The fourth-order valence-electron chi connectivity index (χ4n) is 8.21. The SMILES string of the molecule is C=CCCC(C)C(CCC)C1(C)CCC2C(CC1C)C1OC1/C(=C/C)C2(C)CCC.CO. The van der Waals surface area contributed by atoms with E-state index in [1.54, 1.807) is 5.57 Å². The van der Waals surface area contributed by atoms with Crippen molar-refractivity contribution < 1.29 is 9.84 Å². The van der Waals surface area contributed by atoms with E-state index in [0.717, 1.165) is 43.1 Å². The molecule has 0 aromatic rings. The van der Waals surface area contributed by atoms with Gasteiger partial charge in [0.05, 0.1) is 6.10 Å². The van der Waals surface area contributed by atoms with Gasteiger partial charge in [-0.2, -0.15) is 0 Å². The average Bonchev–Trinajstić information content (AvgIpc) is 3.57. The van der Waals surface area contributed by atoms with Crippen LogP contribution in [0.4, 0.5) is 0 Å². The molecule has 2 aliphatic carbocycles. The molecule has 3 aliphatic rings. The number of hydrogen-bond donors (Lipinski definition) is 1. The quantitative estimate of drug-likeness (QED) is 0.286. The topological polar surface area (TPSA) is 32.8 Å². The van der Waals surface area contributed by atoms with Crippen LogP contribution in [0.1, 0.15) is 106 Å². The number of fused-ring (bicyclic) bond motifs is 3. The molecule has 0 aromatic carbocycles. The van der Waals surface area contributed by atoms with Crippen LogP contribution in [0.25, 0.3) is 0 Å². The highest BCUT2D eigenvalue weighted by atomic mass is 16.6. The Kier molecular flexibility index (Phi) is 10.1. The van der Waals surface area contributed by atoms with Crippen molar-refractivity contribution in [3.63, 3.8) is 0 Å². The summed E-state index contributed by atoms with van der Waals surface area (Å²) in [6, 6.07) is 0. The van der Waals surface area contributed by atoms with E-state index >= 15 is 0 Å². The highest BCUT2D eigenvalue weighted by Crippen LogP contribution is 2.64. The molecular formula is C30H54O2. The number of rotatable bonds is 9. The number of epoxide rings is 1. The number of allylic oxidation sites excluding steroid dienone is 2. The van der Waals surface area contributed by atoms with Gasteiger partial charge in [-0.15, -0.1) is 6.58 Å². The third-order valence-corrected chi connectivity index (χ3v) is 10.0. The highest BCUT2D eigenvalue weighted by molar-refractivity contribution is 5.31. The minimum absolute atomic E-state index is 0.339. The lowest BCUT2D eigenvalue weighted by atomic mass is 9.57. The summed E-state index contributed by atoms with van der Waals surface area (Å²) >= 11 is 0. The Balaban J connectivity index is 0.00000176. The molecule has 0 aromatic heterocycles. The smallest absolute Gasteiger partial charge is 0.106 e. The largest absolute Gasteiger partial charge is 0.400 e. The summed E-state index contributed by atoms with van der Waals surface area (Å²) in [5.74, 6) is 3.94. The summed E-state index contributed by atoms with van der Waals surface area (Å²) in [6.07, 6.45) is 17.4. The predicted molar refractivity (Wildman–Crippen MR) is 139 cm³/mol. The van der Waals surface area contributed by atoms with Crippen molar-refractivity contribution in [2.45, 2.75) is 118 Å². The maximum Gasteiger partial charge on any atom is 0.106 e. The fraction of sp³-hybridized carbons (Fsp3) is 0.867. The standard InChI is InChI=1S/C29H50O.CH4O/c1-9-13-15-20(5)24(14-10-2)28(7)18-16-25-22(19-21(28)6)26-27(30-26)23(12-4)29(25,8)17-11-3;1-2/h9,12,20-22,24-27H,1,10-11,13-19H2,2-8H3;2H,1H3/b23-12-;. The predicted octanol–water partition coefficient (Wildman–Crippen LogP) is 8.21. The Labute approximate surface area is 200 Å².